The van der Waals surface area contributed by atoms with E-state index in [1.54, 1.807) is 6.07 Å². The number of aromatic hydroxyl groups is 1. The second-order valence-corrected chi connectivity index (χ2v) is 5.71. The Hall–Kier alpha value is -0.770. The summed E-state index contributed by atoms with van der Waals surface area (Å²) in [5, 5.41) is 18.0. The van der Waals surface area contributed by atoms with Crippen LogP contribution in [0, 0.1) is 11.3 Å². The van der Waals surface area contributed by atoms with E-state index in [0.717, 1.165) is 6.07 Å². The van der Waals surface area contributed by atoms with Crippen molar-refractivity contribution in [2.45, 2.75) is 4.90 Å². The van der Waals surface area contributed by atoms with Gasteiger partial charge in [-0.1, -0.05) is 0 Å². The van der Waals surface area contributed by atoms with Gasteiger partial charge in [-0.05, 0) is 28.1 Å². The van der Waals surface area contributed by atoms with Crippen LogP contribution in [-0.2, 0) is 9.05 Å². The molecule has 0 spiro atoms. The highest BCUT2D eigenvalue weighted by Crippen LogP contribution is 2.33. The lowest BCUT2D eigenvalue weighted by atomic mass is 10.2. The van der Waals surface area contributed by atoms with Crippen LogP contribution in [0.15, 0.2) is 21.5 Å². The van der Waals surface area contributed by atoms with E-state index in [0.29, 0.717) is 0 Å². The summed E-state index contributed by atoms with van der Waals surface area (Å²) in [6.07, 6.45) is 0. The summed E-state index contributed by atoms with van der Waals surface area (Å²) >= 11 is 2.95. The smallest absolute Gasteiger partial charge is 0.262 e. The minimum Gasteiger partial charge on any atom is -0.505 e. The lowest BCUT2D eigenvalue weighted by Gasteiger charge is -2.03. The van der Waals surface area contributed by atoms with Gasteiger partial charge in [-0.2, -0.15) is 5.26 Å². The summed E-state index contributed by atoms with van der Waals surface area (Å²) in [4.78, 5) is -0.401. The highest BCUT2D eigenvalue weighted by atomic mass is 79.9. The van der Waals surface area contributed by atoms with Crippen LogP contribution in [0.2, 0.25) is 0 Å². The van der Waals surface area contributed by atoms with Crippen LogP contribution < -0.4 is 0 Å². The lowest BCUT2D eigenvalue weighted by molar-refractivity contribution is 0.468. The van der Waals surface area contributed by atoms with E-state index >= 15 is 0 Å². The first-order valence-electron chi connectivity index (χ1n) is 3.24. The summed E-state index contributed by atoms with van der Waals surface area (Å²) in [6, 6.07) is 4.01. The maximum absolute atomic E-state index is 11.0. The van der Waals surface area contributed by atoms with Crippen LogP contribution >= 0.6 is 26.6 Å². The standard InChI is InChI=1S/C7H3BrClNO3S/c8-5-1-2-6(14(9,12)13)4(3-10)7(5)11/h1-2,11H. The first-order chi connectivity index (χ1) is 6.38. The Kier molecular flexibility index (Phi) is 3.04. The molecule has 0 fully saturated rings. The first kappa shape index (κ1) is 11.3. The van der Waals surface area contributed by atoms with Gasteiger partial charge >= 0.3 is 0 Å². The van der Waals surface area contributed by atoms with Gasteiger partial charge in [0.25, 0.3) is 9.05 Å². The maximum Gasteiger partial charge on any atom is 0.262 e. The van der Waals surface area contributed by atoms with E-state index in [4.69, 9.17) is 15.9 Å². The Balaban J connectivity index is 3.66. The molecule has 1 N–H and O–H groups in total. The number of halogens is 2. The summed E-state index contributed by atoms with van der Waals surface area (Å²) in [5.41, 5.74) is -0.366. The van der Waals surface area contributed by atoms with Gasteiger partial charge in [0.1, 0.15) is 22.3 Å². The molecule has 4 nitrogen and oxygen atoms in total. The van der Waals surface area contributed by atoms with Crippen LogP contribution in [0.3, 0.4) is 0 Å². The normalized spacial score (nSPS) is 10.9. The number of hydrogen-bond donors (Lipinski definition) is 1. The Morgan fingerprint density at radius 2 is 2.07 bits per heavy atom. The van der Waals surface area contributed by atoms with Crippen LogP contribution in [0.4, 0.5) is 0 Å². The monoisotopic (exact) mass is 295 g/mol. The van der Waals surface area contributed by atoms with E-state index < -0.39 is 19.7 Å². The van der Waals surface area contributed by atoms with Gasteiger partial charge in [-0.3, -0.25) is 0 Å². The molecule has 74 valence electrons. The van der Waals surface area contributed by atoms with Crippen molar-refractivity contribution in [1.82, 2.24) is 0 Å². The Morgan fingerprint density at radius 1 is 1.50 bits per heavy atom. The molecule has 0 aliphatic rings. The fourth-order valence-corrected chi connectivity index (χ4v) is 2.19. The molecule has 1 aromatic rings. The van der Waals surface area contributed by atoms with E-state index in [9.17, 15) is 13.5 Å². The van der Waals surface area contributed by atoms with Crippen molar-refractivity contribution in [3.05, 3.63) is 22.2 Å². The third-order valence-electron chi connectivity index (χ3n) is 1.46. The van der Waals surface area contributed by atoms with Crippen molar-refractivity contribution >= 4 is 35.7 Å². The first-order valence-corrected chi connectivity index (χ1v) is 6.34. The number of rotatable bonds is 1. The number of phenolic OH excluding ortho intramolecular Hbond substituents is 1. The van der Waals surface area contributed by atoms with Crippen molar-refractivity contribution in [1.29, 1.82) is 5.26 Å². The van der Waals surface area contributed by atoms with Gasteiger partial charge in [-0.25, -0.2) is 8.42 Å². The van der Waals surface area contributed by atoms with Crippen LogP contribution in [-0.4, -0.2) is 13.5 Å². The van der Waals surface area contributed by atoms with Crippen molar-refractivity contribution in [3.8, 4) is 11.8 Å². The molecular weight excluding hydrogens is 294 g/mol. The second kappa shape index (κ2) is 3.77. The number of nitrogens with zero attached hydrogens (tertiary/aromatic N) is 1. The highest BCUT2D eigenvalue weighted by molar-refractivity contribution is 9.10. The molecule has 0 heterocycles. The molecular formula is C7H3BrClNO3S. The molecule has 0 aliphatic heterocycles. The van der Waals surface area contributed by atoms with E-state index in [1.165, 1.54) is 6.07 Å². The molecule has 0 bridgehead atoms. The van der Waals surface area contributed by atoms with Crippen LogP contribution in [0.1, 0.15) is 5.56 Å². The Morgan fingerprint density at radius 3 is 2.50 bits per heavy atom. The van der Waals surface area contributed by atoms with E-state index in [1.807, 2.05) is 0 Å². The van der Waals surface area contributed by atoms with Gasteiger partial charge in [0.15, 0.2) is 0 Å². The average Bonchev–Trinajstić information content (AvgIpc) is 2.07. The van der Waals surface area contributed by atoms with E-state index in [2.05, 4.69) is 15.9 Å². The number of hydrogen-bond acceptors (Lipinski definition) is 4. The van der Waals surface area contributed by atoms with Gasteiger partial charge in [-0.15, -0.1) is 0 Å². The van der Waals surface area contributed by atoms with Crippen molar-refractivity contribution in [2.75, 3.05) is 0 Å². The predicted molar refractivity (Wildman–Crippen MR) is 53.6 cm³/mol. The van der Waals surface area contributed by atoms with Crippen molar-refractivity contribution < 1.29 is 13.5 Å². The summed E-state index contributed by atoms with van der Waals surface area (Å²) < 4.78 is 22.2. The predicted octanol–water partition coefficient (Wildman–Crippen LogP) is 1.95. The average molecular weight is 297 g/mol. The van der Waals surface area contributed by atoms with Crippen molar-refractivity contribution in [2.24, 2.45) is 0 Å². The summed E-state index contributed by atoms with van der Waals surface area (Å²) in [5.74, 6) is -0.436. The summed E-state index contributed by atoms with van der Waals surface area (Å²) in [6.45, 7) is 0. The highest BCUT2D eigenvalue weighted by Gasteiger charge is 2.20. The molecule has 7 heteroatoms. The maximum atomic E-state index is 11.0. The molecule has 0 atom stereocenters. The topological polar surface area (TPSA) is 78.2 Å². The van der Waals surface area contributed by atoms with Crippen LogP contribution in [0.5, 0.6) is 5.75 Å². The molecule has 0 aromatic heterocycles. The molecule has 1 rings (SSSR count). The minimum absolute atomic E-state index is 0.234. The largest absolute Gasteiger partial charge is 0.505 e. The Bertz CT molecular complexity index is 520. The molecule has 0 aliphatic carbocycles. The van der Waals surface area contributed by atoms with Gasteiger partial charge < -0.3 is 5.11 Å². The number of nitriles is 1. The zero-order chi connectivity index (χ0) is 10.9. The number of phenols is 1. The van der Waals surface area contributed by atoms with Gasteiger partial charge in [0, 0.05) is 10.7 Å². The molecule has 0 unspecified atom stereocenters. The van der Waals surface area contributed by atoms with E-state index in [-0.39, 0.29) is 10.0 Å². The molecule has 0 saturated carbocycles. The van der Waals surface area contributed by atoms with Gasteiger partial charge in [0.05, 0.1) is 4.47 Å². The molecule has 0 saturated heterocycles. The van der Waals surface area contributed by atoms with Crippen LogP contribution in [0.25, 0.3) is 0 Å². The number of benzene rings is 1. The zero-order valence-electron chi connectivity index (χ0n) is 6.53. The molecule has 14 heavy (non-hydrogen) atoms. The second-order valence-electron chi connectivity index (χ2n) is 2.32. The fourth-order valence-electron chi connectivity index (χ4n) is 0.858. The van der Waals surface area contributed by atoms with Crippen molar-refractivity contribution in [3.63, 3.8) is 0 Å². The molecule has 0 radical (unpaired) electrons. The lowest BCUT2D eigenvalue weighted by Crippen LogP contribution is -1.95. The van der Waals surface area contributed by atoms with Gasteiger partial charge in [0.2, 0.25) is 0 Å². The minimum atomic E-state index is -4.02. The molecule has 1 aromatic carbocycles. The SMILES string of the molecule is N#Cc1c(S(=O)(=O)Cl)ccc(Br)c1O. The third-order valence-corrected chi connectivity index (χ3v) is 3.47. The quantitative estimate of drug-likeness (QED) is 0.804. The molecule has 0 amide bonds. The third kappa shape index (κ3) is 2.00. The fraction of sp³-hybridized carbons (Fsp3) is 0. The Labute approximate surface area is 93.3 Å². The zero-order valence-corrected chi connectivity index (χ0v) is 9.69. The summed E-state index contributed by atoms with van der Waals surface area (Å²) in [7, 11) is 1.05.